The molecule has 0 spiro atoms. The number of nitrogens with zero attached hydrogens (tertiary/aromatic N) is 1. The average Bonchev–Trinajstić information content (AvgIpc) is 3.12. The molecule has 3 atom stereocenters. The molecule has 18 heavy (non-hydrogen) atoms. The molecule has 0 aromatic heterocycles. The molecule has 1 aliphatic carbocycles. The van der Waals surface area contributed by atoms with Gasteiger partial charge in [-0.15, -0.1) is 0 Å². The highest BCUT2D eigenvalue weighted by molar-refractivity contribution is 4.96. The van der Waals surface area contributed by atoms with E-state index in [1.807, 2.05) is 0 Å². The molecule has 0 radical (unpaired) electrons. The zero-order valence-corrected chi connectivity index (χ0v) is 12.2. The predicted molar refractivity (Wildman–Crippen MR) is 75.7 cm³/mol. The van der Waals surface area contributed by atoms with Gasteiger partial charge in [-0.1, -0.05) is 26.7 Å². The Balaban J connectivity index is 1.70. The van der Waals surface area contributed by atoms with Crippen LogP contribution in [0.15, 0.2) is 0 Å². The highest BCUT2D eigenvalue weighted by atomic mass is 16.3. The second kappa shape index (κ2) is 6.36. The first-order valence-corrected chi connectivity index (χ1v) is 7.82. The summed E-state index contributed by atoms with van der Waals surface area (Å²) >= 11 is 0. The van der Waals surface area contributed by atoms with Gasteiger partial charge in [-0.2, -0.15) is 0 Å². The minimum Gasteiger partial charge on any atom is -0.392 e. The van der Waals surface area contributed by atoms with Crippen molar-refractivity contribution in [2.24, 2.45) is 5.92 Å². The molecule has 3 unspecified atom stereocenters. The Hall–Kier alpha value is -0.120. The van der Waals surface area contributed by atoms with Crippen molar-refractivity contribution >= 4 is 0 Å². The molecular weight excluding hydrogens is 224 g/mol. The molecule has 0 amide bonds. The Morgan fingerprint density at radius 2 is 1.94 bits per heavy atom. The lowest BCUT2D eigenvalue weighted by atomic mass is 9.96. The lowest BCUT2D eigenvalue weighted by Gasteiger charge is -2.23. The van der Waals surface area contributed by atoms with Gasteiger partial charge in [-0.25, -0.2) is 0 Å². The Morgan fingerprint density at radius 3 is 2.50 bits per heavy atom. The van der Waals surface area contributed by atoms with E-state index in [1.54, 1.807) is 0 Å². The summed E-state index contributed by atoms with van der Waals surface area (Å²) in [5.41, 5.74) is 0. The molecule has 2 N–H and O–H groups in total. The third-order valence-electron chi connectivity index (χ3n) is 4.85. The van der Waals surface area contributed by atoms with Crippen molar-refractivity contribution in [1.29, 1.82) is 0 Å². The van der Waals surface area contributed by atoms with E-state index in [0.29, 0.717) is 12.0 Å². The van der Waals surface area contributed by atoms with Gasteiger partial charge in [-0.3, -0.25) is 4.90 Å². The van der Waals surface area contributed by atoms with Crippen LogP contribution in [-0.2, 0) is 0 Å². The van der Waals surface area contributed by atoms with Crippen molar-refractivity contribution < 1.29 is 5.11 Å². The summed E-state index contributed by atoms with van der Waals surface area (Å²) in [6, 6.07) is 2.18. The van der Waals surface area contributed by atoms with Gasteiger partial charge < -0.3 is 10.4 Å². The van der Waals surface area contributed by atoms with Crippen molar-refractivity contribution in [2.75, 3.05) is 13.1 Å². The number of likely N-dealkylation sites (tertiary alicyclic amines) is 1. The number of aliphatic hydroxyl groups is 1. The quantitative estimate of drug-likeness (QED) is 0.729. The maximum atomic E-state index is 10.1. The van der Waals surface area contributed by atoms with Gasteiger partial charge >= 0.3 is 0 Å². The molecule has 0 aromatic carbocycles. The number of nitrogens with one attached hydrogen (secondary N) is 1. The summed E-state index contributed by atoms with van der Waals surface area (Å²) in [6.07, 6.45) is 6.02. The van der Waals surface area contributed by atoms with E-state index < -0.39 is 0 Å². The van der Waals surface area contributed by atoms with Crippen LogP contribution in [0.25, 0.3) is 0 Å². The maximum absolute atomic E-state index is 10.1. The van der Waals surface area contributed by atoms with Crippen LogP contribution >= 0.6 is 0 Å². The molecule has 0 bridgehead atoms. The Kier molecular flexibility index (Phi) is 5.05. The summed E-state index contributed by atoms with van der Waals surface area (Å²) in [4.78, 5) is 2.65. The Labute approximate surface area is 112 Å². The van der Waals surface area contributed by atoms with E-state index >= 15 is 0 Å². The molecule has 3 nitrogen and oxygen atoms in total. The first-order chi connectivity index (χ1) is 8.65. The molecule has 1 aliphatic heterocycles. The normalized spacial score (nSPS) is 31.2. The van der Waals surface area contributed by atoms with Gasteiger partial charge in [0.15, 0.2) is 0 Å². The summed E-state index contributed by atoms with van der Waals surface area (Å²) in [5, 5.41) is 13.7. The Morgan fingerprint density at radius 1 is 1.28 bits per heavy atom. The standard InChI is InChI=1S/C15H30N2O/c1-4-12(5-2)15(18)9-16-13-8-11(3)17(10-13)14-6-7-14/h11-16,18H,4-10H2,1-3H3. The highest BCUT2D eigenvalue weighted by Gasteiger charge is 2.38. The fourth-order valence-electron chi connectivity index (χ4n) is 3.41. The van der Waals surface area contributed by atoms with Crippen molar-refractivity contribution in [3.63, 3.8) is 0 Å². The topological polar surface area (TPSA) is 35.5 Å². The smallest absolute Gasteiger partial charge is 0.0692 e. The number of hydrogen-bond acceptors (Lipinski definition) is 3. The first-order valence-electron chi connectivity index (χ1n) is 7.82. The van der Waals surface area contributed by atoms with Crippen molar-refractivity contribution in [3.05, 3.63) is 0 Å². The van der Waals surface area contributed by atoms with E-state index in [-0.39, 0.29) is 6.10 Å². The molecular formula is C15H30N2O. The van der Waals surface area contributed by atoms with Crippen LogP contribution in [0.1, 0.15) is 52.9 Å². The summed E-state index contributed by atoms with van der Waals surface area (Å²) < 4.78 is 0. The molecule has 0 aromatic rings. The van der Waals surface area contributed by atoms with Crippen LogP contribution in [0.4, 0.5) is 0 Å². The molecule has 1 saturated carbocycles. The maximum Gasteiger partial charge on any atom is 0.0692 e. The minimum atomic E-state index is -0.176. The van der Waals surface area contributed by atoms with Gasteiger partial charge in [0.05, 0.1) is 6.10 Å². The zero-order valence-electron chi connectivity index (χ0n) is 12.2. The second-order valence-corrected chi connectivity index (χ2v) is 6.26. The fourth-order valence-corrected chi connectivity index (χ4v) is 3.41. The van der Waals surface area contributed by atoms with E-state index in [4.69, 9.17) is 0 Å². The van der Waals surface area contributed by atoms with Gasteiger partial charge in [-0.05, 0) is 32.1 Å². The molecule has 1 heterocycles. The molecule has 2 fully saturated rings. The zero-order chi connectivity index (χ0) is 13.1. The van der Waals surface area contributed by atoms with Crippen LogP contribution in [-0.4, -0.2) is 47.3 Å². The lowest BCUT2D eigenvalue weighted by Crippen LogP contribution is -2.40. The van der Waals surface area contributed by atoms with Crippen LogP contribution in [0.3, 0.4) is 0 Å². The van der Waals surface area contributed by atoms with Crippen LogP contribution in [0, 0.1) is 5.92 Å². The van der Waals surface area contributed by atoms with Gasteiger partial charge in [0.25, 0.3) is 0 Å². The largest absolute Gasteiger partial charge is 0.392 e. The number of rotatable bonds is 7. The average molecular weight is 254 g/mol. The van der Waals surface area contributed by atoms with E-state index in [2.05, 4.69) is 31.0 Å². The van der Waals surface area contributed by atoms with Crippen molar-refractivity contribution in [3.8, 4) is 0 Å². The number of aliphatic hydroxyl groups excluding tert-OH is 1. The van der Waals surface area contributed by atoms with Crippen LogP contribution in [0.5, 0.6) is 0 Å². The van der Waals surface area contributed by atoms with Gasteiger partial charge in [0, 0.05) is 31.2 Å². The predicted octanol–water partition coefficient (Wildman–Crippen LogP) is 2.00. The summed E-state index contributed by atoms with van der Waals surface area (Å²) in [5.74, 6) is 0.455. The van der Waals surface area contributed by atoms with E-state index in [0.717, 1.165) is 31.5 Å². The monoisotopic (exact) mass is 254 g/mol. The van der Waals surface area contributed by atoms with Gasteiger partial charge in [0.2, 0.25) is 0 Å². The fraction of sp³-hybridized carbons (Fsp3) is 1.00. The molecule has 1 saturated heterocycles. The van der Waals surface area contributed by atoms with E-state index in [1.165, 1.54) is 25.8 Å². The molecule has 2 rings (SSSR count). The van der Waals surface area contributed by atoms with E-state index in [9.17, 15) is 5.11 Å². The SMILES string of the molecule is CCC(CC)C(O)CNC1CC(C)N(C2CC2)C1. The first kappa shape index (κ1) is 14.3. The molecule has 2 aliphatic rings. The summed E-state index contributed by atoms with van der Waals surface area (Å²) in [7, 11) is 0. The minimum absolute atomic E-state index is 0.176. The Bertz CT molecular complexity index is 251. The summed E-state index contributed by atoms with van der Waals surface area (Å²) in [6.45, 7) is 8.63. The molecule has 106 valence electrons. The molecule has 3 heteroatoms. The van der Waals surface area contributed by atoms with Crippen LogP contribution < -0.4 is 5.32 Å². The lowest BCUT2D eigenvalue weighted by molar-refractivity contribution is 0.0984. The van der Waals surface area contributed by atoms with Gasteiger partial charge in [0.1, 0.15) is 0 Å². The highest BCUT2D eigenvalue weighted by Crippen LogP contribution is 2.33. The third kappa shape index (κ3) is 3.46. The van der Waals surface area contributed by atoms with Crippen molar-refractivity contribution in [2.45, 2.75) is 77.1 Å². The third-order valence-corrected chi connectivity index (χ3v) is 4.85. The van der Waals surface area contributed by atoms with Crippen molar-refractivity contribution in [1.82, 2.24) is 10.2 Å². The number of hydrogen-bond donors (Lipinski definition) is 2. The van der Waals surface area contributed by atoms with Crippen LogP contribution in [0.2, 0.25) is 0 Å². The second-order valence-electron chi connectivity index (χ2n) is 6.26.